The van der Waals surface area contributed by atoms with E-state index in [1.165, 1.54) is 372 Å². The molecule has 0 aromatic heterocycles. The van der Waals surface area contributed by atoms with Gasteiger partial charge in [-0.05, 0) is 44.9 Å². The van der Waals surface area contributed by atoms with Gasteiger partial charge in [-0.3, -0.25) is 13.8 Å². The Bertz CT molecular complexity index is 1600. The van der Waals surface area contributed by atoms with Gasteiger partial charge in [-0.15, -0.1) is 0 Å². The van der Waals surface area contributed by atoms with Gasteiger partial charge >= 0.3 is 7.82 Å². The van der Waals surface area contributed by atoms with Crippen molar-refractivity contribution in [2.75, 3.05) is 40.9 Å². The number of aliphatic hydroxyl groups excluding tert-OH is 1. The van der Waals surface area contributed by atoms with Crippen LogP contribution in [0.3, 0.4) is 0 Å². The number of phosphoric acid groups is 1. The van der Waals surface area contributed by atoms with E-state index in [1.54, 1.807) is 6.08 Å². The van der Waals surface area contributed by atoms with Crippen LogP contribution in [-0.2, 0) is 18.4 Å². The van der Waals surface area contributed by atoms with Gasteiger partial charge in [0.2, 0.25) is 5.91 Å². The molecule has 0 aromatic carbocycles. The standard InChI is InChI=1S/C83H163N2O6P/c1-6-8-10-12-14-16-18-20-22-24-26-28-30-32-34-36-37-38-39-40-41-42-43-44-45-46-47-49-51-53-55-57-59-61-63-65-67-69-71-73-75-77-83(87)84-81(80-91-92(88,89)90-79-78-85(3,4)5)82(86)76-74-72-70-68-66-64-62-60-58-56-54-52-50-48-35-33-31-29-27-25-23-21-19-17-15-13-11-9-7-2/h58,60,66,68,74,76,81-82,86H,6-57,59,61-65,67,69-73,75,77-80H2,1-5H3,(H-,84,87,88,89)/p+1/b60-58+,68-66+,76-74+. The van der Waals surface area contributed by atoms with Crippen molar-refractivity contribution in [1.82, 2.24) is 5.32 Å². The summed E-state index contributed by atoms with van der Waals surface area (Å²) in [5.74, 6) is -0.181. The summed E-state index contributed by atoms with van der Waals surface area (Å²) in [5.41, 5.74) is 0. The van der Waals surface area contributed by atoms with Gasteiger partial charge < -0.3 is 19.8 Å². The van der Waals surface area contributed by atoms with E-state index in [2.05, 4.69) is 43.5 Å². The number of hydrogen-bond acceptors (Lipinski definition) is 5. The predicted octanol–water partition coefficient (Wildman–Crippen LogP) is 27.1. The molecular formula is C83H164N2O6P+. The Kier molecular flexibility index (Phi) is 72.9. The first-order chi connectivity index (χ1) is 45.0. The van der Waals surface area contributed by atoms with E-state index < -0.39 is 20.0 Å². The Hall–Kier alpha value is -1.28. The summed E-state index contributed by atoms with van der Waals surface area (Å²) in [7, 11) is 1.57. The molecule has 0 rings (SSSR count). The summed E-state index contributed by atoms with van der Waals surface area (Å²) in [5, 5.41) is 14.0. The Morgan fingerprint density at radius 3 is 0.870 bits per heavy atom. The van der Waals surface area contributed by atoms with Gasteiger partial charge in [0.1, 0.15) is 13.2 Å². The maximum absolute atomic E-state index is 13.1. The van der Waals surface area contributed by atoms with E-state index in [4.69, 9.17) is 9.05 Å². The van der Waals surface area contributed by atoms with Crippen molar-refractivity contribution >= 4 is 13.7 Å². The van der Waals surface area contributed by atoms with Crippen LogP contribution in [-0.4, -0.2) is 73.4 Å². The second-order valence-electron chi connectivity index (χ2n) is 29.8. The molecule has 546 valence electrons. The normalized spacial score (nSPS) is 13.6. The smallest absolute Gasteiger partial charge is 0.387 e. The maximum atomic E-state index is 13.1. The van der Waals surface area contributed by atoms with Crippen molar-refractivity contribution in [2.24, 2.45) is 0 Å². The minimum Gasteiger partial charge on any atom is -0.387 e. The Labute approximate surface area is 576 Å². The van der Waals surface area contributed by atoms with Crippen molar-refractivity contribution in [1.29, 1.82) is 0 Å². The van der Waals surface area contributed by atoms with Crippen molar-refractivity contribution in [2.45, 2.75) is 450 Å². The molecule has 1 amide bonds. The van der Waals surface area contributed by atoms with Crippen LogP contribution in [0.1, 0.15) is 438 Å². The molecule has 0 saturated heterocycles. The highest BCUT2D eigenvalue weighted by molar-refractivity contribution is 7.47. The molecule has 3 unspecified atom stereocenters. The summed E-state index contributed by atoms with van der Waals surface area (Å²) in [4.78, 5) is 23.5. The molecule has 0 aliphatic carbocycles. The zero-order chi connectivity index (χ0) is 66.9. The van der Waals surface area contributed by atoms with Crippen LogP contribution in [0.5, 0.6) is 0 Å². The molecule has 3 atom stereocenters. The van der Waals surface area contributed by atoms with Gasteiger partial charge in [-0.1, -0.05) is 423 Å². The average Bonchev–Trinajstić information content (AvgIpc) is 2.68. The number of allylic oxidation sites excluding steroid dienone is 5. The predicted molar refractivity (Wildman–Crippen MR) is 406 cm³/mol. The summed E-state index contributed by atoms with van der Waals surface area (Å²) in [6, 6.07) is -0.870. The van der Waals surface area contributed by atoms with Gasteiger partial charge in [-0.2, -0.15) is 0 Å². The minimum atomic E-state index is -4.37. The highest BCUT2D eigenvalue weighted by Crippen LogP contribution is 2.43. The van der Waals surface area contributed by atoms with Crippen molar-refractivity contribution < 1.29 is 32.9 Å². The van der Waals surface area contributed by atoms with Crippen LogP contribution in [0.4, 0.5) is 0 Å². The molecule has 3 N–H and O–H groups in total. The van der Waals surface area contributed by atoms with E-state index in [-0.39, 0.29) is 19.1 Å². The molecule has 0 fully saturated rings. The number of unbranched alkanes of at least 4 members (excludes halogenated alkanes) is 61. The van der Waals surface area contributed by atoms with Crippen molar-refractivity contribution in [3.63, 3.8) is 0 Å². The fourth-order valence-electron chi connectivity index (χ4n) is 13.0. The SMILES string of the molecule is CCCCCCCCCCCCCCCCCCCCC/C=C/CC/C=C/CC/C=C/C(O)C(COP(=O)(O)OCC[N+](C)(C)C)NC(=O)CCCCCCCCCCCCCCCCCCCCCCCCCCCCCCCCCCCCCCCCCCC. The Morgan fingerprint density at radius 1 is 0.359 bits per heavy atom. The van der Waals surface area contributed by atoms with Crippen molar-refractivity contribution in [3.8, 4) is 0 Å². The second-order valence-corrected chi connectivity index (χ2v) is 31.3. The van der Waals surface area contributed by atoms with E-state index in [1.807, 2.05) is 27.2 Å². The van der Waals surface area contributed by atoms with E-state index in [9.17, 15) is 19.4 Å². The molecule has 0 aliphatic heterocycles. The molecule has 0 aromatic rings. The number of quaternary nitrogens is 1. The first kappa shape index (κ1) is 90.7. The average molecular weight is 1320 g/mol. The number of amides is 1. The second kappa shape index (κ2) is 74.0. The first-order valence-corrected chi connectivity index (χ1v) is 42.9. The molecule has 9 heteroatoms. The molecule has 0 aliphatic rings. The summed E-state index contributed by atoms with van der Waals surface area (Å²) in [6.45, 7) is 4.86. The van der Waals surface area contributed by atoms with Gasteiger partial charge in [-0.25, -0.2) is 4.57 Å². The lowest BCUT2D eigenvalue weighted by atomic mass is 10.0. The third-order valence-electron chi connectivity index (χ3n) is 19.3. The zero-order valence-corrected chi connectivity index (χ0v) is 63.7. The fraction of sp³-hybridized carbons (Fsp3) is 0.916. The van der Waals surface area contributed by atoms with Gasteiger partial charge in [0.25, 0.3) is 0 Å². The van der Waals surface area contributed by atoms with Crippen LogP contribution in [0.15, 0.2) is 36.5 Å². The third kappa shape index (κ3) is 76.1. The molecule has 0 saturated carbocycles. The van der Waals surface area contributed by atoms with Crippen LogP contribution in [0.25, 0.3) is 0 Å². The van der Waals surface area contributed by atoms with Crippen molar-refractivity contribution in [3.05, 3.63) is 36.5 Å². The number of carbonyl (C=O) groups excluding carboxylic acids is 1. The number of likely N-dealkylation sites (N-methyl/N-ethyl adjacent to an activating group) is 1. The first-order valence-electron chi connectivity index (χ1n) is 41.4. The number of carbonyl (C=O) groups is 1. The zero-order valence-electron chi connectivity index (χ0n) is 62.8. The Morgan fingerprint density at radius 2 is 0.598 bits per heavy atom. The summed E-state index contributed by atoms with van der Waals surface area (Å²) in [6.07, 6.45) is 101. The van der Waals surface area contributed by atoms with E-state index in [0.717, 1.165) is 44.9 Å². The number of hydrogen-bond donors (Lipinski definition) is 3. The quantitative estimate of drug-likeness (QED) is 0.0243. The number of aliphatic hydroxyl groups is 1. The molecule has 0 radical (unpaired) electrons. The molecule has 8 nitrogen and oxygen atoms in total. The van der Waals surface area contributed by atoms with Crippen LogP contribution >= 0.6 is 7.82 Å². The maximum Gasteiger partial charge on any atom is 0.472 e. The number of phosphoric ester groups is 1. The lowest BCUT2D eigenvalue weighted by Crippen LogP contribution is -2.45. The molecular weight excluding hydrogens is 1150 g/mol. The Balaban J connectivity index is 3.93. The van der Waals surface area contributed by atoms with E-state index >= 15 is 0 Å². The number of nitrogens with one attached hydrogen (secondary N) is 1. The molecule has 92 heavy (non-hydrogen) atoms. The summed E-state index contributed by atoms with van der Waals surface area (Å²) >= 11 is 0. The molecule has 0 bridgehead atoms. The summed E-state index contributed by atoms with van der Waals surface area (Å²) < 4.78 is 23.9. The number of nitrogens with zero attached hydrogens (tertiary/aromatic N) is 1. The van der Waals surface area contributed by atoms with Crippen LogP contribution in [0, 0.1) is 0 Å². The fourth-order valence-corrected chi connectivity index (χ4v) is 13.7. The molecule has 0 spiro atoms. The van der Waals surface area contributed by atoms with Gasteiger partial charge in [0.05, 0.1) is 39.9 Å². The minimum absolute atomic E-state index is 0.0556. The topological polar surface area (TPSA) is 105 Å². The largest absolute Gasteiger partial charge is 0.472 e. The van der Waals surface area contributed by atoms with Crippen LogP contribution in [0.2, 0.25) is 0 Å². The van der Waals surface area contributed by atoms with Gasteiger partial charge in [0, 0.05) is 6.42 Å². The van der Waals surface area contributed by atoms with Crippen LogP contribution < -0.4 is 5.32 Å². The van der Waals surface area contributed by atoms with E-state index in [0.29, 0.717) is 17.4 Å². The van der Waals surface area contributed by atoms with Gasteiger partial charge in [0.15, 0.2) is 0 Å². The monoisotopic (exact) mass is 1320 g/mol. The highest BCUT2D eigenvalue weighted by atomic mass is 31.2. The lowest BCUT2D eigenvalue weighted by molar-refractivity contribution is -0.870. The highest BCUT2D eigenvalue weighted by Gasteiger charge is 2.28. The molecule has 0 heterocycles. The number of rotatable bonds is 78. The third-order valence-corrected chi connectivity index (χ3v) is 20.3. The lowest BCUT2D eigenvalue weighted by Gasteiger charge is -2.25.